The maximum Gasteiger partial charge on any atom is 0.185 e. The fraction of sp³-hybridized carbons (Fsp3) is 0.364. The number of benzene rings is 1. The normalized spacial score (nSPS) is 10.0. The molecule has 0 aliphatic rings. The second-order valence-electron chi connectivity index (χ2n) is 3.36. The summed E-state index contributed by atoms with van der Waals surface area (Å²) < 4.78 is 17.0. The van der Waals surface area contributed by atoms with Crippen molar-refractivity contribution in [2.45, 2.75) is 6.42 Å². The number of hydrogen-bond acceptors (Lipinski definition) is 2. The minimum absolute atomic E-state index is 0.00701. The van der Waals surface area contributed by atoms with Crippen LogP contribution in [0.1, 0.15) is 5.56 Å². The second kappa shape index (κ2) is 6.96. The number of halogens is 2. The molecule has 94 valence electrons. The van der Waals surface area contributed by atoms with Crippen LogP contribution >= 0.6 is 11.6 Å². The first-order valence-electron chi connectivity index (χ1n) is 5.16. The van der Waals surface area contributed by atoms with E-state index in [4.69, 9.17) is 27.8 Å². The smallest absolute Gasteiger partial charge is 0.185 e. The zero-order valence-electron chi connectivity index (χ0n) is 9.33. The van der Waals surface area contributed by atoms with Crippen LogP contribution in [0.25, 0.3) is 0 Å². The lowest BCUT2D eigenvalue weighted by molar-refractivity contribution is 0.273. The summed E-state index contributed by atoms with van der Waals surface area (Å²) in [4.78, 5) is 3.87. The molecule has 0 saturated heterocycles. The summed E-state index contributed by atoms with van der Waals surface area (Å²) in [6.07, 6.45) is 0.682. The summed E-state index contributed by atoms with van der Waals surface area (Å²) in [5.74, 6) is 0.550. The molecule has 0 bridgehead atoms. The van der Waals surface area contributed by atoms with Crippen molar-refractivity contribution in [1.29, 1.82) is 0 Å². The molecule has 0 radical (unpaired) electrons. The molecule has 1 aromatic rings. The first kappa shape index (κ1) is 13.6. The minimum atomic E-state index is -0.539. The molecule has 0 saturated carbocycles. The molecule has 0 aromatic heterocycles. The van der Waals surface area contributed by atoms with Gasteiger partial charge in [-0.2, -0.15) is 0 Å². The van der Waals surface area contributed by atoms with Gasteiger partial charge >= 0.3 is 0 Å². The molecule has 17 heavy (non-hydrogen) atoms. The summed E-state index contributed by atoms with van der Waals surface area (Å²) in [7, 11) is 0. The van der Waals surface area contributed by atoms with Crippen LogP contribution in [-0.2, 0) is 6.42 Å². The standard InChI is InChI=1S/C11H15ClFN3O/c12-9-7-8(3-5-16-11(14)15)1-2-10(9)17-6-4-13/h1-2,7H,3-6H2,(H4,14,15,16). The lowest BCUT2D eigenvalue weighted by Crippen LogP contribution is -2.23. The van der Waals surface area contributed by atoms with Crippen LogP contribution in [0.2, 0.25) is 5.02 Å². The number of rotatable bonds is 6. The van der Waals surface area contributed by atoms with Crippen molar-refractivity contribution in [2.75, 3.05) is 19.8 Å². The highest BCUT2D eigenvalue weighted by molar-refractivity contribution is 6.32. The second-order valence-corrected chi connectivity index (χ2v) is 3.77. The Kier molecular flexibility index (Phi) is 5.56. The number of hydrogen-bond donors (Lipinski definition) is 2. The van der Waals surface area contributed by atoms with Crippen molar-refractivity contribution >= 4 is 17.6 Å². The Morgan fingerprint density at radius 1 is 1.41 bits per heavy atom. The maximum absolute atomic E-state index is 11.9. The first-order chi connectivity index (χ1) is 8.13. The van der Waals surface area contributed by atoms with E-state index in [1.807, 2.05) is 6.07 Å². The van der Waals surface area contributed by atoms with E-state index in [1.54, 1.807) is 12.1 Å². The van der Waals surface area contributed by atoms with Gasteiger partial charge in [0.1, 0.15) is 19.0 Å². The third-order valence-corrected chi connectivity index (χ3v) is 2.32. The van der Waals surface area contributed by atoms with Crippen molar-refractivity contribution in [3.63, 3.8) is 0 Å². The Bertz CT molecular complexity index is 394. The van der Waals surface area contributed by atoms with E-state index in [-0.39, 0.29) is 12.6 Å². The molecular weight excluding hydrogens is 245 g/mol. The van der Waals surface area contributed by atoms with E-state index in [2.05, 4.69) is 4.99 Å². The summed E-state index contributed by atoms with van der Waals surface area (Å²) in [6, 6.07) is 5.32. The summed E-state index contributed by atoms with van der Waals surface area (Å²) >= 11 is 5.97. The van der Waals surface area contributed by atoms with Gasteiger partial charge in [0.05, 0.1) is 5.02 Å². The van der Waals surface area contributed by atoms with E-state index < -0.39 is 6.67 Å². The Balaban J connectivity index is 2.59. The van der Waals surface area contributed by atoms with Gasteiger partial charge in [0.25, 0.3) is 0 Å². The van der Waals surface area contributed by atoms with E-state index in [0.29, 0.717) is 23.7 Å². The lowest BCUT2D eigenvalue weighted by atomic mass is 10.1. The SMILES string of the molecule is NC(N)=NCCc1ccc(OCCF)c(Cl)c1. The molecule has 6 heteroatoms. The van der Waals surface area contributed by atoms with Crippen LogP contribution in [0.3, 0.4) is 0 Å². The van der Waals surface area contributed by atoms with E-state index in [9.17, 15) is 4.39 Å². The molecule has 4 nitrogen and oxygen atoms in total. The Morgan fingerprint density at radius 2 is 2.18 bits per heavy atom. The highest BCUT2D eigenvalue weighted by Gasteiger charge is 2.03. The summed E-state index contributed by atoms with van der Waals surface area (Å²) in [6.45, 7) is -0.0288. The molecule has 0 fully saturated rings. The molecule has 1 aromatic carbocycles. The molecule has 0 atom stereocenters. The molecule has 0 aliphatic heterocycles. The zero-order valence-corrected chi connectivity index (χ0v) is 10.1. The van der Waals surface area contributed by atoms with Gasteiger partial charge in [-0.05, 0) is 24.1 Å². The number of nitrogens with two attached hydrogens (primary N) is 2. The summed E-state index contributed by atoms with van der Waals surface area (Å²) in [5.41, 5.74) is 11.4. The van der Waals surface area contributed by atoms with Crippen LogP contribution in [0.4, 0.5) is 4.39 Å². The fourth-order valence-corrected chi connectivity index (χ4v) is 1.54. The van der Waals surface area contributed by atoms with Gasteiger partial charge in [-0.1, -0.05) is 17.7 Å². The quantitative estimate of drug-likeness (QED) is 0.601. The summed E-state index contributed by atoms with van der Waals surface area (Å²) in [5, 5.41) is 0.459. The predicted octanol–water partition coefficient (Wildman–Crippen LogP) is 1.50. The molecule has 0 amide bonds. The highest BCUT2D eigenvalue weighted by Crippen LogP contribution is 2.25. The van der Waals surface area contributed by atoms with Crippen LogP contribution in [0.5, 0.6) is 5.75 Å². The van der Waals surface area contributed by atoms with E-state index >= 15 is 0 Å². The van der Waals surface area contributed by atoms with Crippen LogP contribution < -0.4 is 16.2 Å². The van der Waals surface area contributed by atoms with Crippen molar-refractivity contribution in [3.8, 4) is 5.75 Å². The molecular formula is C11H15ClFN3O. The minimum Gasteiger partial charge on any atom is -0.489 e. The Hall–Kier alpha value is -1.49. The van der Waals surface area contributed by atoms with Gasteiger partial charge in [-0.15, -0.1) is 0 Å². The number of nitrogens with zero attached hydrogens (tertiary/aromatic N) is 1. The Labute approximate surface area is 104 Å². The van der Waals surface area contributed by atoms with Crippen molar-refractivity contribution < 1.29 is 9.13 Å². The van der Waals surface area contributed by atoms with Gasteiger partial charge in [-0.3, -0.25) is 4.99 Å². The topological polar surface area (TPSA) is 73.6 Å². The molecule has 0 unspecified atom stereocenters. The lowest BCUT2D eigenvalue weighted by Gasteiger charge is -2.07. The zero-order chi connectivity index (χ0) is 12.7. The van der Waals surface area contributed by atoms with Gasteiger partial charge in [0.15, 0.2) is 5.96 Å². The molecule has 0 aliphatic carbocycles. The molecule has 0 spiro atoms. The van der Waals surface area contributed by atoms with Gasteiger partial charge in [-0.25, -0.2) is 4.39 Å². The average Bonchev–Trinajstić information content (AvgIpc) is 2.27. The third-order valence-electron chi connectivity index (χ3n) is 2.03. The van der Waals surface area contributed by atoms with Gasteiger partial charge in [0.2, 0.25) is 0 Å². The first-order valence-corrected chi connectivity index (χ1v) is 5.54. The predicted molar refractivity (Wildman–Crippen MR) is 67.3 cm³/mol. The fourth-order valence-electron chi connectivity index (χ4n) is 1.28. The maximum atomic E-state index is 11.9. The largest absolute Gasteiger partial charge is 0.489 e. The van der Waals surface area contributed by atoms with Gasteiger partial charge < -0.3 is 16.2 Å². The van der Waals surface area contributed by atoms with Crippen LogP contribution in [0, 0.1) is 0 Å². The molecule has 1 rings (SSSR count). The third kappa shape index (κ3) is 4.91. The van der Waals surface area contributed by atoms with Gasteiger partial charge in [0, 0.05) is 6.54 Å². The van der Waals surface area contributed by atoms with E-state index in [0.717, 1.165) is 5.56 Å². The van der Waals surface area contributed by atoms with E-state index in [1.165, 1.54) is 0 Å². The highest BCUT2D eigenvalue weighted by atomic mass is 35.5. The van der Waals surface area contributed by atoms with Crippen molar-refractivity contribution in [1.82, 2.24) is 0 Å². The Morgan fingerprint density at radius 3 is 2.76 bits per heavy atom. The molecule has 0 heterocycles. The number of aliphatic imine (C=N–C) groups is 1. The van der Waals surface area contributed by atoms with Crippen LogP contribution in [0.15, 0.2) is 23.2 Å². The average molecular weight is 260 g/mol. The van der Waals surface area contributed by atoms with Crippen LogP contribution in [-0.4, -0.2) is 25.8 Å². The number of guanidine groups is 1. The van der Waals surface area contributed by atoms with Crippen molar-refractivity contribution in [3.05, 3.63) is 28.8 Å². The molecule has 4 N–H and O–H groups in total. The number of ether oxygens (including phenoxy) is 1. The van der Waals surface area contributed by atoms with Crippen molar-refractivity contribution in [2.24, 2.45) is 16.5 Å². The monoisotopic (exact) mass is 259 g/mol. The number of alkyl halides is 1.